The summed E-state index contributed by atoms with van der Waals surface area (Å²) in [5.41, 5.74) is 7.18. The van der Waals surface area contributed by atoms with Crippen molar-refractivity contribution in [3.05, 3.63) is 29.8 Å². The molecule has 0 aliphatic carbocycles. The molecule has 0 spiro atoms. The molecule has 4 nitrogen and oxygen atoms in total. The molecule has 0 radical (unpaired) electrons. The van der Waals surface area contributed by atoms with Gasteiger partial charge in [-0.1, -0.05) is 18.2 Å². The number of amides is 1. The number of anilines is 1. The molecule has 0 aliphatic rings. The molecule has 1 rings (SSSR count). The molecule has 0 saturated heterocycles. The van der Waals surface area contributed by atoms with Crippen molar-refractivity contribution in [3.63, 3.8) is 0 Å². The molecule has 76 valence electrons. The molecule has 1 amide bonds. The Morgan fingerprint density at radius 2 is 2.21 bits per heavy atom. The molecular formula is C10H14N2O2. The van der Waals surface area contributed by atoms with Crippen LogP contribution in [0.4, 0.5) is 5.69 Å². The second kappa shape index (κ2) is 5.36. The van der Waals surface area contributed by atoms with Gasteiger partial charge in [-0.2, -0.15) is 0 Å². The SMILES string of the molecule is COCC(=O)Nc1ccccc1CN. The van der Waals surface area contributed by atoms with Crippen LogP contribution in [-0.4, -0.2) is 19.6 Å². The van der Waals surface area contributed by atoms with E-state index in [1.807, 2.05) is 24.3 Å². The fourth-order valence-electron chi connectivity index (χ4n) is 1.14. The summed E-state index contributed by atoms with van der Waals surface area (Å²) in [6.45, 7) is 0.461. The Hall–Kier alpha value is -1.39. The number of nitrogens with one attached hydrogen (secondary N) is 1. The standard InChI is InChI=1S/C10H14N2O2/c1-14-7-10(13)12-9-5-3-2-4-8(9)6-11/h2-5H,6-7,11H2,1H3,(H,12,13). The maximum absolute atomic E-state index is 11.2. The molecule has 0 heterocycles. The zero-order chi connectivity index (χ0) is 10.4. The molecule has 0 bridgehead atoms. The average molecular weight is 194 g/mol. The summed E-state index contributed by atoms with van der Waals surface area (Å²) in [6.07, 6.45) is 0. The number of nitrogens with two attached hydrogens (primary N) is 1. The third-order valence-electron chi connectivity index (χ3n) is 1.79. The van der Waals surface area contributed by atoms with Crippen LogP contribution in [0, 0.1) is 0 Å². The van der Waals surface area contributed by atoms with Crippen molar-refractivity contribution < 1.29 is 9.53 Å². The highest BCUT2D eigenvalue weighted by atomic mass is 16.5. The summed E-state index contributed by atoms with van der Waals surface area (Å²) in [5, 5.41) is 2.72. The van der Waals surface area contributed by atoms with Gasteiger partial charge in [-0.05, 0) is 11.6 Å². The number of methoxy groups -OCH3 is 1. The van der Waals surface area contributed by atoms with Crippen molar-refractivity contribution in [1.29, 1.82) is 0 Å². The van der Waals surface area contributed by atoms with E-state index in [2.05, 4.69) is 5.32 Å². The van der Waals surface area contributed by atoms with E-state index in [1.165, 1.54) is 7.11 Å². The van der Waals surface area contributed by atoms with Crippen molar-refractivity contribution in [2.24, 2.45) is 5.73 Å². The summed E-state index contributed by atoms with van der Waals surface area (Å²) in [6, 6.07) is 7.42. The monoisotopic (exact) mass is 194 g/mol. The minimum Gasteiger partial charge on any atom is -0.375 e. The summed E-state index contributed by atoms with van der Waals surface area (Å²) in [5.74, 6) is -0.173. The Balaban J connectivity index is 2.70. The summed E-state index contributed by atoms with van der Waals surface area (Å²) in [4.78, 5) is 11.2. The van der Waals surface area contributed by atoms with Gasteiger partial charge < -0.3 is 15.8 Å². The molecular weight excluding hydrogens is 180 g/mol. The van der Waals surface area contributed by atoms with Crippen LogP contribution >= 0.6 is 0 Å². The van der Waals surface area contributed by atoms with Gasteiger partial charge in [0.2, 0.25) is 5.91 Å². The van der Waals surface area contributed by atoms with Gasteiger partial charge in [-0.25, -0.2) is 0 Å². The Bertz CT molecular complexity index is 313. The first-order valence-electron chi connectivity index (χ1n) is 4.34. The first kappa shape index (κ1) is 10.7. The molecule has 0 aliphatic heterocycles. The average Bonchev–Trinajstić information content (AvgIpc) is 2.19. The van der Waals surface area contributed by atoms with Crippen LogP contribution in [-0.2, 0) is 16.1 Å². The molecule has 1 aromatic carbocycles. The Morgan fingerprint density at radius 1 is 1.50 bits per heavy atom. The van der Waals surface area contributed by atoms with Crippen molar-refractivity contribution in [2.45, 2.75) is 6.54 Å². The summed E-state index contributed by atoms with van der Waals surface area (Å²) >= 11 is 0. The fraction of sp³-hybridized carbons (Fsp3) is 0.300. The third kappa shape index (κ3) is 2.83. The topological polar surface area (TPSA) is 64.3 Å². The Morgan fingerprint density at radius 3 is 2.86 bits per heavy atom. The Kier molecular flexibility index (Phi) is 4.10. The van der Waals surface area contributed by atoms with Gasteiger partial charge in [-0.15, -0.1) is 0 Å². The summed E-state index contributed by atoms with van der Waals surface area (Å²) < 4.78 is 4.71. The number of carbonyl (C=O) groups excluding carboxylic acids is 1. The normalized spacial score (nSPS) is 9.86. The van der Waals surface area contributed by atoms with Crippen LogP contribution in [0.25, 0.3) is 0 Å². The molecule has 1 aromatic rings. The predicted molar refractivity (Wildman–Crippen MR) is 54.8 cm³/mol. The number of carbonyl (C=O) groups is 1. The van der Waals surface area contributed by atoms with E-state index in [0.29, 0.717) is 6.54 Å². The number of benzene rings is 1. The van der Waals surface area contributed by atoms with Gasteiger partial charge in [0.15, 0.2) is 0 Å². The van der Waals surface area contributed by atoms with E-state index in [4.69, 9.17) is 10.5 Å². The van der Waals surface area contributed by atoms with Crippen LogP contribution in [0.1, 0.15) is 5.56 Å². The second-order valence-electron chi connectivity index (χ2n) is 2.84. The van der Waals surface area contributed by atoms with Crippen LogP contribution in [0.2, 0.25) is 0 Å². The van der Waals surface area contributed by atoms with Gasteiger partial charge in [0.1, 0.15) is 6.61 Å². The lowest BCUT2D eigenvalue weighted by molar-refractivity contribution is -0.119. The molecule has 0 aromatic heterocycles. The van der Waals surface area contributed by atoms with E-state index < -0.39 is 0 Å². The number of ether oxygens (including phenoxy) is 1. The molecule has 0 fully saturated rings. The predicted octanol–water partition coefficient (Wildman–Crippen LogP) is 0.730. The van der Waals surface area contributed by atoms with Crippen LogP contribution < -0.4 is 11.1 Å². The smallest absolute Gasteiger partial charge is 0.250 e. The highest BCUT2D eigenvalue weighted by molar-refractivity contribution is 5.92. The van der Waals surface area contributed by atoms with E-state index in [9.17, 15) is 4.79 Å². The lowest BCUT2D eigenvalue weighted by atomic mass is 10.2. The molecule has 0 atom stereocenters. The minimum atomic E-state index is -0.173. The zero-order valence-corrected chi connectivity index (χ0v) is 8.12. The van der Waals surface area contributed by atoms with Gasteiger partial charge >= 0.3 is 0 Å². The third-order valence-corrected chi connectivity index (χ3v) is 1.79. The quantitative estimate of drug-likeness (QED) is 0.742. The van der Waals surface area contributed by atoms with Crippen LogP contribution in [0.15, 0.2) is 24.3 Å². The van der Waals surface area contributed by atoms with Crippen molar-refractivity contribution in [1.82, 2.24) is 0 Å². The number of hydrogen-bond acceptors (Lipinski definition) is 3. The maximum Gasteiger partial charge on any atom is 0.250 e. The van der Waals surface area contributed by atoms with Gasteiger partial charge in [0, 0.05) is 19.3 Å². The van der Waals surface area contributed by atoms with Gasteiger partial charge in [0.05, 0.1) is 0 Å². The fourth-order valence-corrected chi connectivity index (χ4v) is 1.14. The Labute approximate surface area is 83.1 Å². The van der Waals surface area contributed by atoms with Crippen molar-refractivity contribution >= 4 is 11.6 Å². The largest absolute Gasteiger partial charge is 0.375 e. The molecule has 14 heavy (non-hydrogen) atoms. The maximum atomic E-state index is 11.2. The molecule has 4 heteroatoms. The summed E-state index contributed by atoms with van der Waals surface area (Å²) in [7, 11) is 1.48. The van der Waals surface area contributed by atoms with Crippen LogP contribution in [0.5, 0.6) is 0 Å². The lowest BCUT2D eigenvalue weighted by Gasteiger charge is -2.08. The van der Waals surface area contributed by atoms with Crippen molar-refractivity contribution in [3.8, 4) is 0 Å². The zero-order valence-electron chi connectivity index (χ0n) is 8.12. The van der Waals surface area contributed by atoms with Crippen molar-refractivity contribution in [2.75, 3.05) is 19.0 Å². The highest BCUT2D eigenvalue weighted by Crippen LogP contribution is 2.13. The molecule has 3 N–H and O–H groups in total. The lowest BCUT2D eigenvalue weighted by Crippen LogP contribution is -2.18. The van der Waals surface area contributed by atoms with E-state index in [-0.39, 0.29) is 12.5 Å². The van der Waals surface area contributed by atoms with E-state index in [1.54, 1.807) is 0 Å². The second-order valence-corrected chi connectivity index (χ2v) is 2.84. The van der Waals surface area contributed by atoms with E-state index >= 15 is 0 Å². The number of hydrogen-bond donors (Lipinski definition) is 2. The molecule has 0 saturated carbocycles. The van der Waals surface area contributed by atoms with E-state index in [0.717, 1.165) is 11.3 Å². The first-order chi connectivity index (χ1) is 6.77. The highest BCUT2D eigenvalue weighted by Gasteiger charge is 2.04. The van der Waals surface area contributed by atoms with Gasteiger partial charge in [0.25, 0.3) is 0 Å². The molecule has 0 unspecified atom stereocenters. The minimum absolute atomic E-state index is 0.0545. The van der Waals surface area contributed by atoms with Crippen LogP contribution in [0.3, 0.4) is 0 Å². The first-order valence-corrected chi connectivity index (χ1v) is 4.34. The number of para-hydroxylation sites is 1. The number of rotatable bonds is 4. The van der Waals surface area contributed by atoms with Gasteiger partial charge in [-0.3, -0.25) is 4.79 Å².